The van der Waals surface area contributed by atoms with Crippen LogP contribution in [0.25, 0.3) is 0 Å². The highest BCUT2D eigenvalue weighted by Crippen LogP contribution is 2.67. The van der Waals surface area contributed by atoms with Gasteiger partial charge >= 0.3 is 5.97 Å². The van der Waals surface area contributed by atoms with Gasteiger partial charge in [0.1, 0.15) is 0 Å². The quantitative estimate of drug-likeness (QED) is 0.488. The molecule has 31 heavy (non-hydrogen) atoms. The molecule has 0 aromatic rings. The van der Waals surface area contributed by atoms with Crippen LogP contribution >= 0.6 is 0 Å². The summed E-state index contributed by atoms with van der Waals surface area (Å²) < 4.78 is 0. The number of carbonyl (C=O) groups is 2. The Morgan fingerprint density at radius 2 is 1.94 bits per heavy atom. The lowest BCUT2D eigenvalue weighted by molar-refractivity contribution is -0.165. The van der Waals surface area contributed by atoms with E-state index in [2.05, 4.69) is 40.3 Å². The summed E-state index contributed by atoms with van der Waals surface area (Å²) in [5.41, 5.74) is 1.93. The number of hydrogen-bond donors (Lipinski definition) is 1. The van der Waals surface area contributed by atoms with Gasteiger partial charge in [-0.25, -0.2) is 0 Å². The predicted octanol–water partition coefficient (Wildman–Crippen LogP) is 6.60. The van der Waals surface area contributed by atoms with Gasteiger partial charge in [-0.2, -0.15) is 0 Å². The number of hydrogen-bond acceptors (Lipinski definition) is 2. The van der Waals surface area contributed by atoms with E-state index in [1.165, 1.54) is 11.1 Å². The van der Waals surface area contributed by atoms with Gasteiger partial charge in [-0.3, -0.25) is 9.59 Å². The third-order valence-corrected chi connectivity index (χ3v) is 9.96. The molecule has 4 aliphatic rings. The Morgan fingerprint density at radius 3 is 2.61 bits per heavy atom. The van der Waals surface area contributed by atoms with E-state index in [4.69, 9.17) is 0 Å². The number of aliphatic carboxylic acids is 1. The highest BCUT2D eigenvalue weighted by Gasteiger charge is 2.64. The van der Waals surface area contributed by atoms with Crippen molar-refractivity contribution in [2.75, 3.05) is 0 Å². The second-order valence-corrected chi connectivity index (χ2v) is 11.5. The number of ketones is 1. The lowest BCUT2D eigenvalue weighted by Gasteiger charge is -2.56. The zero-order chi connectivity index (χ0) is 22.6. The van der Waals surface area contributed by atoms with Crippen LogP contribution in [0.15, 0.2) is 36.0 Å². The molecule has 3 nitrogen and oxygen atoms in total. The summed E-state index contributed by atoms with van der Waals surface area (Å²) in [5.74, 6) is 1.92. The van der Waals surface area contributed by atoms with Crippen LogP contribution in [0.1, 0.15) is 79.1 Å². The van der Waals surface area contributed by atoms with Gasteiger partial charge in [-0.15, -0.1) is 0 Å². The molecule has 0 bridgehead atoms. The van der Waals surface area contributed by atoms with Crippen molar-refractivity contribution in [3.8, 4) is 0 Å². The first-order valence-electron chi connectivity index (χ1n) is 12.5. The van der Waals surface area contributed by atoms with Gasteiger partial charge < -0.3 is 5.11 Å². The topological polar surface area (TPSA) is 54.4 Å². The molecule has 0 heterocycles. The predicted molar refractivity (Wildman–Crippen MR) is 124 cm³/mol. The smallest absolute Gasteiger partial charge is 0.310 e. The molecule has 0 aromatic heterocycles. The van der Waals surface area contributed by atoms with Crippen molar-refractivity contribution in [3.05, 3.63) is 36.0 Å². The van der Waals surface area contributed by atoms with Crippen LogP contribution in [0.5, 0.6) is 0 Å². The molecule has 0 saturated heterocycles. The van der Waals surface area contributed by atoms with Crippen molar-refractivity contribution in [3.63, 3.8) is 0 Å². The average Bonchev–Trinajstić information content (AvgIpc) is 3.13. The van der Waals surface area contributed by atoms with E-state index in [-0.39, 0.29) is 23.0 Å². The third kappa shape index (κ3) is 3.47. The van der Waals surface area contributed by atoms with Crippen molar-refractivity contribution < 1.29 is 14.7 Å². The molecule has 4 rings (SSSR count). The molecule has 0 aliphatic heterocycles. The Kier molecular flexibility index (Phi) is 5.85. The Hall–Kier alpha value is -1.64. The van der Waals surface area contributed by atoms with E-state index in [1.807, 2.05) is 6.08 Å². The zero-order valence-corrected chi connectivity index (χ0v) is 19.8. The number of allylic oxidation sites excluding steroid dienone is 5. The second kappa shape index (κ2) is 8.05. The SMILES string of the molecule is C=C(CCC(C)C1CCC2C3CCC4=CC(=O)C=CC4(C)C3CCC12C(=O)O)C(C)C. The van der Waals surface area contributed by atoms with Gasteiger partial charge in [0.15, 0.2) is 5.78 Å². The van der Waals surface area contributed by atoms with Crippen LogP contribution in [0.3, 0.4) is 0 Å². The third-order valence-electron chi connectivity index (χ3n) is 9.96. The molecule has 4 aliphatic carbocycles. The van der Waals surface area contributed by atoms with E-state index in [9.17, 15) is 14.7 Å². The summed E-state index contributed by atoms with van der Waals surface area (Å²) in [4.78, 5) is 24.9. The Labute approximate surface area is 188 Å². The molecule has 7 unspecified atom stereocenters. The lowest BCUT2D eigenvalue weighted by Crippen LogP contribution is -2.54. The van der Waals surface area contributed by atoms with Crippen LogP contribution in [0, 0.1) is 46.3 Å². The standard InChI is InChI=1S/C28H40O3/c1-17(2)18(3)6-7-19(4)23-10-11-25-22-9-8-20-16-21(29)12-14-27(20,5)24(22)13-15-28(23,25)26(30)31/h12,14,16-17,19,22-25H,3,6-11,13,15H2,1-2,4-5H3,(H,30,31). The molecule has 3 saturated carbocycles. The average molecular weight is 425 g/mol. The molecular weight excluding hydrogens is 384 g/mol. The molecule has 3 heteroatoms. The van der Waals surface area contributed by atoms with Crippen molar-refractivity contribution in [1.29, 1.82) is 0 Å². The molecule has 1 N–H and O–H groups in total. The van der Waals surface area contributed by atoms with Gasteiger partial charge in [0, 0.05) is 5.41 Å². The van der Waals surface area contributed by atoms with Gasteiger partial charge in [0.2, 0.25) is 0 Å². The molecule has 0 spiro atoms. The molecular formula is C28H40O3. The minimum absolute atomic E-state index is 0.0692. The number of carbonyl (C=O) groups excluding carboxylic acids is 1. The lowest BCUT2D eigenvalue weighted by atomic mass is 9.47. The Bertz CT molecular complexity index is 833. The van der Waals surface area contributed by atoms with Crippen LogP contribution in [-0.2, 0) is 9.59 Å². The van der Waals surface area contributed by atoms with Gasteiger partial charge in [0.05, 0.1) is 5.41 Å². The van der Waals surface area contributed by atoms with Gasteiger partial charge in [-0.1, -0.05) is 51.5 Å². The fraction of sp³-hybridized carbons (Fsp3) is 0.714. The van der Waals surface area contributed by atoms with Crippen LogP contribution in [-0.4, -0.2) is 16.9 Å². The van der Waals surface area contributed by atoms with E-state index in [0.29, 0.717) is 23.7 Å². The first kappa shape index (κ1) is 22.6. The fourth-order valence-electron chi connectivity index (χ4n) is 8.03. The van der Waals surface area contributed by atoms with Crippen LogP contribution in [0.2, 0.25) is 0 Å². The minimum Gasteiger partial charge on any atom is -0.481 e. The van der Waals surface area contributed by atoms with Crippen molar-refractivity contribution >= 4 is 11.8 Å². The van der Waals surface area contributed by atoms with E-state index in [1.54, 1.807) is 6.08 Å². The molecule has 0 radical (unpaired) electrons. The molecule has 7 atom stereocenters. The second-order valence-electron chi connectivity index (χ2n) is 11.5. The van der Waals surface area contributed by atoms with Gasteiger partial charge in [-0.05, 0) is 99.0 Å². The van der Waals surface area contributed by atoms with Gasteiger partial charge in [0.25, 0.3) is 0 Å². The molecule has 3 fully saturated rings. The molecule has 170 valence electrons. The fourth-order valence-corrected chi connectivity index (χ4v) is 8.03. The summed E-state index contributed by atoms with van der Waals surface area (Å²) in [7, 11) is 0. The largest absolute Gasteiger partial charge is 0.481 e. The van der Waals surface area contributed by atoms with Crippen molar-refractivity contribution in [2.24, 2.45) is 46.3 Å². The number of carboxylic acid groups (broad SMARTS) is 1. The first-order chi connectivity index (χ1) is 14.6. The van der Waals surface area contributed by atoms with Crippen LogP contribution in [0.4, 0.5) is 0 Å². The molecule has 0 amide bonds. The molecule has 0 aromatic carbocycles. The zero-order valence-electron chi connectivity index (χ0n) is 19.8. The first-order valence-corrected chi connectivity index (χ1v) is 12.5. The number of carboxylic acids is 1. The maximum atomic E-state index is 12.9. The monoisotopic (exact) mass is 424 g/mol. The van der Waals surface area contributed by atoms with Crippen molar-refractivity contribution in [1.82, 2.24) is 0 Å². The highest BCUT2D eigenvalue weighted by molar-refractivity contribution is 6.01. The summed E-state index contributed by atoms with van der Waals surface area (Å²) in [6.45, 7) is 13.2. The maximum Gasteiger partial charge on any atom is 0.310 e. The Morgan fingerprint density at radius 1 is 1.19 bits per heavy atom. The number of rotatable bonds is 6. The highest BCUT2D eigenvalue weighted by atomic mass is 16.4. The summed E-state index contributed by atoms with van der Waals surface area (Å²) in [6, 6.07) is 0. The van der Waals surface area contributed by atoms with E-state index >= 15 is 0 Å². The van der Waals surface area contributed by atoms with Crippen LogP contribution < -0.4 is 0 Å². The van der Waals surface area contributed by atoms with E-state index < -0.39 is 11.4 Å². The summed E-state index contributed by atoms with van der Waals surface area (Å²) >= 11 is 0. The summed E-state index contributed by atoms with van der Waals surface area (Å²) in [5, 5.41) is 10.6. The maximum absolute atomic E-state index is 12.9. The normalized spacial score (nSPS) is 40.0. The number of fused-ring (bicyclic) bond motifs is 5. The summed E-state index contributed by atoms with van der Waals surface area (Å²) in [6.07, 6.45) is 13.6. The Balaban J connectivity index is 1.59. The van der Waals surface area contributed by atoms with E-state index in [0.717, 1.165) is 51.4 Å². The van der Waals surface area contributed by atoms with Crippen molar-refractivity contribution in [2.45, 2.75) is 79.1 Å². The minimum atomic E-state index is -0.564.